The van der Waals surface area contributed by atoms with E-state index in [1.54, 1.807) is 0 Å². The van der Waals surface area contributed by atoms with Crippen LogP contribution in [0, 0.1) is 11.6 Å². The highest BCUT2D eigenvalue weighted by molar-refractivity contribution is 6.30. The molecule has 2 N–H and O–H groups in total. The number of carbonyl (C=O) groups excluding carboxylic acids is 1. The summed E-state index contributed by atoms with van der Waals surface area (Å²) in [6.45, 7) is 1.44. The van der Waals surface area contributed by atoms with Crippen molar-refractivity contribution in [1.29, 1.82) is 0 Å². The van der Waals surface area contributed by atoms with Gasteiger partial charge in [-0.1, -0.05) is 11.6 Å². The lowest BCUT2D eigenvalue weighted by Crippen LogP contribution is -2.08. The first-order valence-electron chi connectivity index (χ1n) is 6.20. The van der Waals surface area contributed by atoms with Gasteiger partial charge in [-0.3, -0.25) is 4.79 Å². The van der Waals surface area contributed by atoms with Gasteiger partial charge in [0, 0.05) is 29.7 Å². The third kappa shape index (κ3) is 4.16. The van der Waals surface area contributed by atoms with E-state index in [9.17, 15) is 13.6 Å². The highest BCUT2D eigenvalue weighted by Crippen LogP contribution is 2.22. The van der Waals surface area contributed by atoms with Crippen molar-refractivity contribution >= 4 is 28.9 Å². The fourth-order valence-corrected chi connectivity index (χ4v) is 2.01. The van der Waals surface area contributed by atoms with Crippen LogP contribution in [0.2, 0.25) is 5.02 Å². The first-order chi connectivity index (χ1) is 9.95. The van der Waals surface area contributed by atoms with E-state index in [0.717, 1.165) is 0 Å². The molecule has 6 heteroatoms. The molecule has 0 bridgehead atoms. The van der Waals surface area contributed by atoms with Crippen molar-refractivity contribution in [2.24, 2.45) is 0 Å². The fourth-order valence-electron chi connectivity index (χ4n) is 1.81. The molecule has 0 spiro atoms. The molecule has 110 valence electrons. The summed E-state index contributed by atoms with van der Waals surface area (Å²) >= 11 is 5.80. The number of hydrogen-bond donors (Lipinski definition) is 2. The van der Waals surface area contributed by atoms with Crippen LogP contribution in [0.3, 0.4) is 0 Å². The standard InChI is InChI=1S/C15H13ClF2N2O/c1-9(21)20-12-3-5-14(18)15(7-12)19-8-10-6-11(16)2-4-13(10)17/h2-7,19H,8H2,1H3,(H,20,21). The molecule has 0 aliphatic heterocycles. The lowest BCUT2D eigenvalue weighted by atomic mass is 10.2. The van der Waals surface area contributed by atoms with E-state index < -0.39 is 11.6 Å². The molecule has 3 nitrogen and oxygen atoms in total. The van der Waals surface area contributed by atoms with E-state index in [-0.39, 0.29) is 18.1 Å². The van der Waals surface area contributed by atoms with Gasteiger partial charge in [-0.15, -0.1) is 0 Å². The van der Waals surface area contributed by atoms with Gasteiger partial charge in [-0.25, -0.2) is 8.78 Å². The predicted octanol–water partition coefficient (Wildman–Crippen LogP) is 4.19. The smallest absolute Gasteiger partial charge is 0.221 e. The van der Waals surface area contributed by atoms with Crippen LogP contribution in [0.1, 0.15) is 12.5 Å². The highest BCUT2D eigenvalue weighted by atomic mass is 35.5. The molecule has 2 aromatic rings. The second-order valence-corrected chi connectivity index (χ2v) is 4.90. The number of rotatable bonds is 4. The summed E-state index contributed by atoms with van der Waals surface area (Å²) in [6, 6.07) is 8.28. The van der Waals surface area contributed by atoms with Gasteiger partial charge in [-0.2, -0.15) is 0 Å². The summed E-state index contributed by atoms with van der Waals surface area (Å²) in [4.78, 5) is 11.0. The summed E-state index contributed by atoms with van der Waals surface area (Å²) in [5.74, 6) is -1.18. The maximum atomic E-state index is 13.7. The minimum absolute atomic E-state index is 0.0762. The number of hydrogen-bond acceptors (Lipinski definition) is 2. The third-order valence-electron chi connectivity index (χ3n) is 2.76. The van der Waals surface area contributed by atoms with Crippen molar-refractivity contribution in [3.05, 3.63) is 58.6 Å². The minimum Gasteiger partial charge on any atom is -0.378 e. The van der Waals surface area contributed by atoms with E-state index in [1.165, 1.54) is 43.3 Å². The molecule has 2 aromatic carbocycles. The molecule has 21 heavy (non-hydrogen) atoms. The molecular formula is C15H13ClF2N2O. The Kier molecular flexibility index (Phi) is 4.75. The summed E-state index contributed by atoms with van der Waals surface area (Å²) in [6.07, 6.45) is 0. The van der Waals surface area contributed by atoms with E-state index in [1.807, 2.05) is 0 Å². The van der Waals surface area contributed by atoms with Crippen LogP contribution in [0.4, 0.5) is 20.2 Å². The van der Waals surface area contributed by atoms with Crippen LogP contribution < -0.4 is 10.6 Å². The van der Waals surface area contributed by atoms with Gasteiger partial charge in [0.2, 0.25) is 5.91 Å². The molecule has 0 saturated heterocycles. The molecule has 2 rings (SSSR count). The average Bonchev–Trinajstić information content (AvgIpc) is 2.42. The van der Waals surface area contributed by atoms with Crippen molar-refractivity contribution in [3.8, 4) is 0 Å². The summed E-state index contributed by atoms with van der Waals surface area (Å²) in [5.41, 5.74) is 0.949. The van der Waals surface area contributed by atoms with Crippen LogP contribution in [-0.4, -0.2) is 5.91 Å². The number of anilines is 2. The number of halogens is 3. The summed E-state index contributed by atoms with van der Waals surface area (Å²) in [7, 11) is 0. The molecule has 0 saturated carbocycles. The highest BCUT2D eigenvalue weighted by Gasteiger charge is 2.07. The maximum absolute atomic E-state index is 13.7. The summed E-state index contributed by atoms with van der Waals surface area (Å²) < 4.78 is 27.3. The Morgan fingerprint density at radius 1 is 1.14 bits per heavy atom. The van der Waals surface area contributed by atoms with Crippen molar-refractivity contribution in [3.63, 3.8) is 0 Å². The Hall–Kier alpha value is -2.14. The zero-order valence-electron chi connectivity index (χ0n) is 11.2. The van der Waals surface area contributed by atoms with Crippen molar-refractivity contribution in [2.45, 2.75) is 13.5 Å². The number of benzene rings is 2. The first-order valence-corrected chi connectivity index (χ1v) is 6.58. The largest absolute Gasteiger partial charge is 0.378 e. The van der Waals surface area contributed by atoms with Crippen LogP contribution in [0.5, 0.6) is 0 Å². The Bertz CT molecular complexity index is 677. The minimum atomic E-state index is -0.494. The zero-order chi connectivity index (χ0) is 15.4. The normalized spacial score (nSPS) is 10.3. The Morgan fingerprint density at radius 2 is 1.86 bits per heavy atom. The second-order valence-electron chi connectivity index (χ2n) is 4.47. The van der Waals surface area contributed by atoms with E-state index in [0.29, 0.717) is 16.3 Å². The molecular weight excluding hydrogens is 298 g/mol. The second kappa shape index (κ2) is 6.54. The quantitative estimate of drug-likeness (QED) is 0.889. The van der Waals surface area contributed by atoms with Gasteiger partial charge in [0.25, 0.3) is 0 Å². The monoisotopic (exact) mass is 310 g/mol. The molecule has 0 radical (unpaired) electrons. The SMILES string of the molecule is CC(=O)Nc1ccc(F)c(NCc2cc(Cl)ccc2F)c1. The molecule has 0 heterocycles. The molecule has 1 amide bonds. The zero-order valence-corrected chi connectivity index (χ0v) is 12.0. The van der Waals surface area contributed by atoms with Crippen LogP contribution in [0.25, 0.3) is 0 Å². The Balaban J connectivity index is 2.15. The van der Waals surface area contributed by atoms with E-state index in [2.05, 4.69) is 10.6 Å². The van der Waals surface area contributed by atoms with Crippen LogP contribution >= 0.6 is 11.6 Å². The fraction of sp³-hybridized carbons (Fsp3) is 0.133. The summed E-state index contributed by atoms with van der Waals surface area (Å²) in [5, 5.41) is 5.74. The average molecular weight is 311 g/mol. The van der Waals surface area contributed by atoms with Crippen molar-refractivity contribution in [2.75, 3.05) is 10.6 Å². The molecule has 0 fully saturated rings. The lowest BCUT2D eigenvalue weighted by molar-refractivity contribution is -0.114. The molecule has 0 aliphatic carbocycles. The predicted molar refractivity (Wildman–Crippen MR) is 79.4 cm³/mol. The Morgan fingerprint density at radius 3 is 2.57 bits per heavy atom. The van der Waals surface area contributed by atoms with Gasteiger partial charge in [0.1, 0.15) is 11.6 Å². The van der Waals surface area contributed by atoms with Gasteiger partial charge in [-0.05, 0) is 36.4 Å². The van der Waals surface area contributed by atoms with Crippen molar-refractivity contribution in [1.82, 2.24) is 0 Å². The van der Waals surface area contributed by atoms with Crippen molar-refractivity contribution < 1.29 is 13.6 Å². The van der Waals surface area contributed by atoms with Gasteiger partial charge in [0.15, 0.2) is 0 Å². The number of amides is 1. The number of nitrogens with one attached hydrogen (secondary N) is 2. The Labute approximate surface area is 125 Å². The first kappa shape index (κ1) is 15.3. The molecule has 0 aromatic heterocycles. The van der Waals surface area contributed by atoms with E-state index in [4.69, 9.17) is 11.6 Å². The van der Waals surface area contributed by atoms with E-state index >= 15 is 0 Å². The van der Waals surface area contributed by atoms with Gasteiger partial charge >= 0.3 is 0 Å². The van der Waals surface area contributed by atoms with Gasteiger partial charge < -0.3 is 10.6 Å². The molecule has 0 atom stereocenters. The third-order valence-corrected chi connectivity index (χ3v) is 3.00. The topological polar surface area (TPSA) is 41.1 Å². The maximum Gasteiger partial charge on any atom is 0.221 e. The number of carbonyl (C=O) groups is 1. The lowest BCUT2D eigenvalue weighted by Gasteiger charge is -2.11. The molecule has 0 unspecified atom stereocenters. The van der Waals surface area contributed by atoms with Crippen LogP contribution in [-0.2, 0) is 11.3 Å². The molecule has 0 aliphatic rings. The van der Waals surface area contributed by atoms with Crippen LogP contribution in [0.15, 0.2) is 36.4 Å². The van der Waals surface area contributed by atoms with Gasteiger partial charge in [0.05, 0.1) is 5.69 Å².